The molecule has 0 atom stereocenters. The minimum absolute atomic E-state index is 0.769. The van der Waals surface area contributed by atoms with Crippen LogP contribution < -0.4 is 5.32 Å². The Hall–Kier alpha value is -1.32. The number of aryl methyl sites for hydroxylation is 1. The predicted molar refractivity (Wildman–Crippen MR) is 79.9 cm³/mol. The Morgan fingerprint density at radius 2 is 2.16 bits per heavy atom. The Balaban J connectivity index is 2.44. The number of benzene rings is 1. The molecule has 0 spiro atoms. The molecule has 1 aromatic carbocycles. The second-order valence-electron chi connectivity index (χ2n) is 4.49. The van der Waals surface area contributed by atoms with Crippen LogP contribution in [0.4, 0.5) is 0 Å². The van der Waals surface area contributed by atoms with Crippen molar-refractivity contribution < 1.29 is 0 Å². The molecular weight excluding hydrogens is 258 g/mol. The second-order valence-corrected chi connectivity index (χ2v) is 4.90. The van der Waals surface area contributed by atoms with Crippen molar-refractivity contribution in [1.29, 1.82) is 0 Å². The zero-order valence-corrected chi connectivity index (χ0v) is 12.2. The summed E-state index contributed by atoms with van der Waals surface area (Å²) in [5.74, 6) is 1.06. The molecule has 2 rings (SSSR count). The van der Waals surface area contributed by atoms with Crippen LogP contribution in [0.1, 0.15) is 31.7 Å². The lowest BCUT2D eigenvalue weighted by molar-refractivity contribution is 0.718. The van der Waals surface area contributed by atoms with E-state index in [2.05, 4.69) is 34.8 Å². The van der Waals surface area contributed by atoms with Gasteiger partial charge in [0.2, 0.25) is 0 Å². The molecule has 0 saturated carbocycles. The highest BCUT2D eigenvalue weighted by atomic mass is 35.5. The summed E-state index contributed by atoms with van der Waals surface area (Å²) in [7, 11) is 0. The average molecular weight is 278 g/mol. The fourth-order valence-corrected chi connectivity index (χ4v) is 2.46. The Labute approximate surface area is 119 Å². The summed E-state index contributed by atoms with van der Waals surface area (Å²) in [6, 6.07) is 6.04. The Morgan fingerprint density at radius 1 is 1.32 bits per heavy atom. The first-order valence-corrected chi connectivity index (χ1v) is 7.16. The summed E-state index contributed by atoms with van der Waals surface area (Å²) in [5.41, 5.74) is 2.25. The number of nitrogens with one attached hydrogen (secondary N) is 1. The van der Waals surface area contributed by atoms with Gasteiger partial charge in [-0.05, 0) is 24.6 Å². The van der Waals surface area contributed by atoms with Gasteiger partial charge in [0.05, 0.1) is 10.7 Å². The number of aromatic nitrogens is 2. The van der Waals surface area contributed by atoms with E-state index in [1.54, 1.807) is 0 Å². The number of hydrogen-bond acceptors (Lipinski definition) is 2. The summed E-state index contributed by atoms with van der Waals surface area (Å²) < 4.78 is 2.11. The highest BCUT2D eigenvalue weighted by Gasteiger charge is 2.12. The van der Waals surface area contributed by atoms with Crippen LogP contribution in [0.15, 0.2) is 30.6 Å². The first kappa shape index (κ1) is 14.1. The quantitative estimate of drug-likeness (QED) is 0.874. The monoisotopic (exact) mass is 277 g/mol. The Bertz CT molecular complexity index is 534. The molecule has 1 heterocycles. The zero-order chi connectivity index (χ0) is 13.7. The molecule has 0 unspecified atom stereocenters. The molecule has 0 bridgehead atoms. The van der Waals surface area contributed by atoms with Crippen molar-refractivity contribution in [2.45, 2.75) is 33.2 Å². The molecule has 0 aliphatic rings. The van der Waals surface area contributed by atoms with Gasteiger partial charge in [-0.2, -0.15) is 0 Å². The lowest BCUT2D eigenvalue weighted by atomic mass is 10.1. The van der Waals surface area contributed by atoms with Gasteiger partial charge in [0, 0.05) is 25.4 Å². The number of imidazole rings is 1. The van der Waals surface area contributed by atoms with E-state index < -0.39 is 0 Å². The maximum Gasteiger partial charge on any atom is 0.113 e. The summed E-state index contributed by atoms with van der Waals surface area (Å²) >= 11 is 6.40. The minimum Gasteiger partial charge on any atom is -0.313 e. The van der Waals surface area contributed by atoms with E-state index in [1.165, 1.54) is 5.56 Å². The van der Waals surface area contributed by atoms with Crippen molar-refractivity contribution in [3.63, 3.8) is 0 Å². The van der Waals surface area contributed by atoms with Crippen LogP contribution in [0.3, 0.4) is 0 Å². The Kier molecular flexibility index (Phi) is 5.00. The molecule has 4 heteroatoms. The van der Waals surface area contributed by atoms with Gasteiger partial charge >= 0.3 is 0 Å². The topological polar surface area (TPSA) is 29.9 Å². The smallest absolute Gasteiger partial charge is 0.113 e. The summed E-state index contributed by atoms with van der Waals surface area (Å²) in [6.07, 6.45) is 5.86. The van der Waals surface area contributed by atoms with E-state index in [0.717, 1.165) is 42.5 Å². The van der Waals surface area contributed by atoms with Crippen LogP contribution in [0.2, 0.25) is 5.02 Å². The fourth-order valence-electron chi connectivity index (χ4n) is 2.18. The van der Waals surface area contributed by atoms with Gasteiger partial charge < -0.3 is 9.88 Å². The van der Waals surface area contributed by atoms with Gasteiger partial charge in [0.1, 0.15) is 5.82 Å². The normalized spacial score (nSPS) is 10.9. The van der Waals surface area contributed by atoms with Crippen LogP contribution in [0, 0.1) is 0 Å². The molecule has 1 aromatic heterocycles. The molecule has 3 nitrogen and oxygen atoms in total. The third kappa shape index (κ3) is 3.17. The molecular formula is C15H20ClN3. The molecule has 1 N–H and O–H groups in total. The van der Waals surface area contributed by atoms with E-state index in [1.807, 2.05) is 24.5 Å². The number of rotatable bonds is 6. The molecule has 0 aliphatic heterocycles. The van der Waals surface area contributed by atoms with Gasteiger partial charge in [-0.15, -0.1) is 0 Å². The van der Waals surface area contributed by atoms with E-state index in [4.69, 9.17) is 11.6 Å². The third-order valence-electron chi connectivity index (χ3n) is 3.07. The highest BCUT2D eigenvalue weighted by Crippen LogP contribution is 2.26. The van der Waals surface area contributed by atoms with Crippen molar-refractivity contribution in [1.82, 2.24) is 14.9 Å². The molecule has 102 valence electrons. The van der Waals surface area contributed by atoms with E-state index in [0.29, 0.717) is 0 Å². The second kappa shape index (κ2) is 6.73. The first-order valence-electron chi connectivity index (χ1n) is 6.78. The fraction of sp³-hybridized carbons (Fsp3) is 0.400. The van der Waals surface area contributed by atoms with Gasteiger partial charge in [-0.3, -0.25) is 0 Å². The zero-order valence-electron chi connectivity index (χ0n) is 11.5. The van der Waals surface area contributed by atoms with E-state index in [-0.39, 0.29) is 0 Å². The molecule has 0 amide bonds. The summed E-state index contributed by atoms with van der Waals surface area (Å²) in [5, 5.41) is 4.12. The van der Waals surface area contributed by atoms with Crippen molar-refractivity contribution in [2.24, 2.45) is 0 Å². The van der Waals surface area contributed by atoms with Crippen molar-refractivity contribution in [3.8, 4) is 5.69 Å². The number of nitrogens with zero attached hydrogens (tertiary/aromatic N) is 2. The van der Waals surface area contributed by atoms with Gasteiger partial charge in [-0.25, -0.2) is 4.98 Å². The summed E-state index contributed by atoms with van der Waals surface area (Å²) in [6.45, 7) is 6.02. The average Bonchev–Trinajstić information content (AvgIpc) is 2.85. The number of halogens is 1. The standard InChI is InChI=1S/C15H20ClN3/c1-3-6-14-18-9-10-19(14)15-12(11-17-4-2)7-5-8-13(15)16/h5,7-10,17H,3-4,6,11H2,1-2H3. The first-order chi connectivity index (χ1) is 9.27. The third-order valence-corrected chi connectivity index (χ3v) is 3.37. The lowest BCUT2D eigenvalue weighted by Crippen LogP contribution is -2.14. The highest BCUT2D eigenvalue weighted by molar-refractivity contribution is 6.32. The van der Waals surface area contributed by atoms with Crippen molar-refractivity contribution in [2.75, 3.05) is 6.54 Å². The molecule has 0 aliphatic carbocycles. The molecule has 0 fully saturated rings. The number of hydrogen-bond donors (Lipinski definition) is 1. The molecule has 0 radical (unpaired) electrons. The van der Waals surface area contributed by atoms with Crippen LogP contribution in [-0.4, -0.2) is 16.1 Å². The molecule has 0 saturated heterocycles. The SMILES string of the molecule is CCCc1nccn1-c1c(Cl)cccc1CNCC. The Morgan fingerprint density at radius 3 is 2.89 bits per heavy atom. The van der Waals surface area contributed by atoms with Crippen LogP contribution >= 0.6 is 11.6 Å². The van der Waals surface area contributed by atoms with Crippen LogP contribution in [-0.2, 0) is 13.0 Å². The minimum atomic E-state index is 0.769. The lowest BCUT2D eigenvalue weighted by Gasteiger charge is -2.15. The van der Waals surface area contributed by atoms with E-state index in [9.17, 15) is 0 Å². The molecule has 2 aromatic rings. The van der Waals surface area contributed by atoms with Crippen LogP contribution in [0.25, 0.3) is 5.69 Å². The molecule has 19 heavy (non-hydrogen) atoms. The summed E-state index contributed by atoms with van der Waals surface area (Å²) in [4.78, 5) is 4.43. The van der Waals surface area contributed by atoms with Crippen LogP contribution in [0.5, 0.6) is 0 Å². The van der Waals surface area contributed by atoms with Gasteiger partial charge in [-0.1, -0.05) is 37.6 Å². The van der Waals surface area contributed by atoms with E-state index >= 15 is 0 Å². The maximum absolute atomic E-state index is 6.40. The number of para-hydroxylation sites is 1. The maximum atomic E-state index is 6.40. The van der Waals surface area contributed by atoms with Gasteiger partial charge in [0.15, 0.2) is 0 Å². The van der Waals surface area contributed by atoms with Crippen molar-refractivity contribution in [3.05, 3.63) is 47.0 Å². The largest absolute Gasteiger partial charge is 0.313 e. The predicted octanol–water partition coefficient (Wildman–Crippen LogP) is 3.59. The van der Waals surface area contributed by atoms with Gasteiger partial charge in [0.25, 0.3) is 0 Å². The van der Waals surface area contributed by atoms with Crippen molar-refractivity contribution >= 4 is 11.6 Å².